The topological polar surface area (TPSA) is 69.2 Å². The van der Waals surface area contributed by atoms with Crippen LogP contribution in [0.15, 0.2) is 42.0 Å². The summed E-state index contributed by atoms with van der Waals surface area (Å²) in [7, 11) is 1.40. The molecule has 2 saturated carbocycles. The summed E-state index contributed by atoms with van der Waals surface area (Å²) in [5.41, 5.74) is 4.44. The third kappa shape index (κ3) is 10.4. The average Bonchev–Trinajstić information content (AvgIpc) is 3.24. The van der Waals surface area contributed by atoms with Gasteiger partial charge in [-0.3, -0.25) is 0 Å². The van der Waals surface area contributed by atoms with Crippen LogP contribution in [0.2, 0.25) is 39.3 Å². The normalized spacial score (nSPS) is 28.7. The molecule has 2 fully saturated rings. The monoisotopic (exact) mass is 625 g/mol. The van der Waals surface area contributed by atoms with E-state index >= 15 is 0 Å². The van der Waals surface area contributed by atoms with Gasteiger partial charge in [-0.25, -0.2) is 0 Å². The van der Waals surface area contributed by atoms with E-state index in [-0.39, 0.29) is 45.2 Å². The molecule has 0 spiro atoms. The van der Waals surface area contributed by atoms with E-state index < -0.39 is 16.5 Å². The van der Waals surface area contributed by atoms with E-state index in [9.17, 15) is 5.11 Å². The number of nitrogens with one attached hydrogen (secondary N) is 1. The van der Waals surface area contributed by atoms with Crippen molar-refractivity contribution in [1.29, 1.82) is 0 Å². The fraction of sp³-hybridized carbons (Fsp3) is 0.706. The summed E-state index contributed by atoms with van der Waals surface area (Å²) in [6, 6.07) is 6.64. The van der Waals surface area contributed by atoms with Gasteiger partial charge < -0.3 is 30.1 Å². The number of aliphatic hydroxyl groups excluding tert-OH is 1. The first-order valence-electron chi connectivity index (χ1n) is 15.8. The quantitative estimate of drug-likeness (QED) is 0.207. The van der Waals surface area contributed by atoms with Gasteiger partial charge in [0.15, 0.2) is 6.79 Å². The fourth-order valence-corrected chi connectivity index (χ4v) is 17.1. The summed E-state index contributed by atoms with van der Waals surface area (Å²) in [4.78, 5) is 0. The van der Waals surface area contributed by atoms with E-state index in [1.807, 2.05) is 6.08 Å². The number of hydrogen-bond acceptors (Lipinski definition) is 6. The zero-order valence-electron chi connectivity index (χ0n) is 30.1. The minimum Gasteiger partial charge on any atom is -1.00 e. The SMILES string of the molecule is COCOc1ccc2c(c1)[C@@H](C(C)=CC=CCO)C[C@@H]1[C@@H]2CC[C@]2(C)[C@@H](OCOC)CC[C@@H]12.C[Si](C)(C)N[Si](C)(C)C.[H-].[Li+]. The molecule has 1 aromatic rings. The van der Waals surface area contributed by atoms with Crippen LogP contribution in [-0.2, 0) is 14.2 Å². The second kappa shape index (κ2) is 16.8. The van der Waals surface area contributed by atoms with Crippen LogP contribution in [-0.4, -0.2) is 62.1 Å². The van der Waals surface area contributed by atoms with Gasteiger partial charge in [0.1, 0.15) is 29.0 Å². The molecule has 0 radical (unpaired) electrons. The van der Waals surface area contributed by atoms with Crippen molar-refractivity contribution in [1.82, 2.24) is 4.65 Å². The van der Waals surface area contributed by atoms with Crippen LogP contribution in [0.3, 0.4) is 0 Å². The van der Waals surface area contributed by atoms with Crippen LogP contribution in [0.4, 0.5) is 0 Å². The van der Waals surface area contributed by atoms with Gasteiger partial charge in [-0.15, -0.1) is 0 Å². The zero-order chi connectivity index (χ0) is 31.1. The molecule has 0 aliphatic heterocycles. The Morgan fingerprint density at radius 1 is 1.02 bits per heavy atom. The van der Waals surface area contributed by atoms with Gasteiger partial charge in [-0.1, -0.05) is 76.1 Å². The van der Waals surface area contributed by atoms with Crippen molar-refractivity contribution in [2.24, 2.45) is 17.3 Å². The largest absolute Gasteiger partial charge is 1.00 e. The summed E-state index contributed by atoms with van der Waals surface area (Å²) < 4.78 is 26.1. The molecule has 6 atom stereocenters. The zero-order valence-corrected chi connectivity index (χ0v) is 31.1. The van der Waals surface area contributed by atoms with Gasteiger partial charge in [0, 0.05) is 20.1 Å². The minimum atomic E-state index is -0.981. The van der Waals surface area contributed by atoms with Gasteiger partial charge in [0.25, 0.3) is 0 Å². The van der Waals surface area contributed by atoms with E-state index in [4.69, 9.17) is 18.9 Å². The van der Waals surface area contributed by atoms with Gasteiger partial charge in [0.2, 0.25) is 0 Å². The third-order valence-corrected chi connectivity index (χ3v) is 15.3. The number of fused-ring (bicyclic) bond motifs is 5. The summed E-state index contributed by atoms with van der Waals surface area (Å²) >= 11 is 0. The molecule has 0 amide bonds. The van der Waals surface area contributed by atoms with Crippen molar-refractivity contribution in [2.45, 2.75) is 103 Å². The maximum atomic E-state index is 9.17. The van der Waals surface area contributed by atoms with E-state index in [0.29, 0.717) is 30.5 Å². The molecule has 0 unspecified atom stereocenters. The maximum Gasteiger partial charge on any atom is 1.00 e. The molecular weight excluding hydrogens is 565 g/mol. The first-order valence-corrected chi connectivity index (χ1v) is 22.8. The van der Waals surface area contributed by atoms with Crippen molar-refractivity contribution in [3.63, 3.8) is 0 Å². The summed E-state index contributed by atoms with van der Waals surface area (Å²) in [6.45, 7) is 19.5. The Kier molecular flexibility index (Phi) is 15.0. The van der Waals surface area contributed by atoms with Crippen molar-refractivity contribution in [3.05, 3.63) is 53.1 Å². The number of aliphatic hydroxyl groups is 1. The van der Waals surface area contributed by atoms with E-state index in [0.717, 1.165) is 18.6 Å². The molecule has 9 heteroatoms. The van der Waals surface area contributed by atoms with Gasteiger partial charge >= 0.3 is 18.9 Å². The molecule has 0 saturated heterocycles. The van der Waals surface area contributed by atoms with Crippen molar-refractivity contribution < 1.29 is 44.3 Å². The molecule has 240 valence electrons. The van der Waals surface area contributed by atoms with Gasteiger partial charge in [-0.2, -0.15) is 0 Å². The second-order valence-electron chi connectivity index (χ2n) is 14.8. The minimum absolute atomic E-state index is 0. The molecule has 4 rings (SSSR count). The number of hydrogen-bond donors (Lipinski definition) is 2. The number of methoxy groups -OCH3 is 2. The van der Waals surface area contributed by atoms with Crippen LogP contribution >= 0.6 is 0 Å². The Hall–Kier alpha value is -0.669. The number of rotatable bonds is 11. The molecule has 0 aromatic heterocycles. The fourth-order valence-electron chi connectivity index (χ4n) is 8.14. The van der Waals surface area contributed by atoms with Crippen molar-refractivity contribution in [3.8, 4) is 5.75 Å². The first-order chi connectivity index (χ1) is 19.7. The summed E-state index contributed by atoms with van der Waals surface area (Å²) in [5, 5.41) is 9.17. The van der Waals surface area contributed by atoms with E-state index in [1.165, 1.54) is 36.0 Å². The third-order valence-electron chi connectivity index (χ3n) is 9.32. The summed E-state index contributed by atoms with van der Waals surface area (Å²) in [5.74, 6) is 3.12. The predicted molar refractivity (Wildman–Crippen MR) is 180 cm³/mol. The second-order valence-corrected chi connectivity index (χ2v) is 24.8. The predicted octanol–water partition coefficient (Wildman–Crippen LogP) is 4.91. The smallest absolute Gasteiger partial charge is 1.00 e. The molecule has 3 aliphatic rings. The Balaban J connectivity index is 0.000000770. The van der Waals surface area contributed by atoms with Crippen LogP contribution in [0, 0.1) is 17.3 Å². The van der Waals surface area contributed by atoms with Crippen molar-refractivity contribution >= 4 is 16.5 Å². The molecule has 0 bridgehead atoms. The van der Waals surface area contributed by atoms with Crippen LogP contribution in [0.1, 0.15) is 70.3 Å². The molecular formula is C34H60LiNO5Si2. The van der Waals surface area contributed by atoms with Gasteiger partial charge in [-0.05, 0) is 85.5 Å². The average molecular weight is 626 g/mol. The molecule has 0 heterocycles. The first kappa shape index (κ1) is 38.5. The Morgan fingerprint density at radius 3 is 2.28 bits per heavy atom. The Morgan fingerprint density at radius 2 is 1.70 bits per heavy atom. The van der Waals surface area contributed by atoms with E-state index in [2.05, 4.69) is 82.1 Å². The van der Waals surface area contributed by atoms with Gasteiger partial charge in [0.05, 0.1) is 12.7 Å². The number of allylic oxidation sites excluding steroid dienone is 3. The van der Waals surface area contributed by atoms with E-state index in [1.54, 1.807) is 20.3 Å². The molecule has 43 heavy (non-hydrogen) atoms. The number of benzene rings is 1. The molecule has 2 N–H and O–H groups in total. The summed E-state index contributed by atoms with van der Waals surface area (Å²) in [6.07, 6.45) is 12.1. The Bertz CT molecular complexity index is 1060. The van der Waals surface area contributed by atoms with Crippen molar-refractivity contribution in [2.75, 3.05) is 34.4 Å². The Labute approximate surface area is 278 Å². The standard InChI is InChI=1S/C28H40O5.C6H19NSi2.Li.H/c1-19(7-5-6-14-29)23-16-25-22(21-9-8-20(15-24(21)23)32-17-30-3)12-13-28(2)26(25)10-11-27(28)33-18-31-4;1-8(2,3)7-9(4,5)6;;/h5-9,15,22-23,25-27,29H,10-14,16-18H2,1-4H3;7H,1-6H3;;/q;;+1;-1/t22-,23-,25-,26+,27+,28+;;;/m1.../s1. The molecule has 3 aliphatic carbocycles. The molecule has 6 nitrogen and oxygen atoms in total. The molecule has 1 aromatic carbocycles. The maximum absolute atomic E-state index is 9.17. The van der Waals surface area contributed by atoms with Crippen LogP contribution < -0.4 is 28.2 Å². The number of ether oxygens (including phenoxy) is 4. The van der Waals surface area contributed by atoms with Crippen LogP contribution in [0.5, 0.6) is 5.75 Å². The van der Waals surface area contributed by atoms with Crippen LogP contribution in [0.25, 0.3) is 0 Å².